The molecular weight excluding hydrogens is 300 g/mol. The zero-order valence-corrected chi connectivity index (χ0v) is 14.6. The van der Waals surface area contributed by atoms with E-state index in [0.717, 1.165) is 31.0 Å². The SMILES string of the molecule is CCCNC(CCN1CCCSCC1)c1ccccc1Cl. The van der Waals surface area contributed by atoms with Gasteiger partial charge in [0.1, 0.15) is 0 Å². The van der Waals surface area contributed by atoms with E-state index in [2.05, 4.69) is 41.0 Å². The number of thioether (sulfide) groups is 1. The minimum Gasteiger partial charge on any atom is -0.310 e. The Morgan fingerprint density at radius 1 is 1.29 bits per heavy atom. The molecule has 1 aromatic rings. The lowest BCUT2D eigenvalue weighted by Crippen LogP contribution is -2.31. The Bertz CT molecular complexity index is 406. The van der Waals surface area contributed by atoms with Gasteiger partial charge in [0.2, 0.25) is 0 Å². The molecule has 0 spiro atoms. The van der Waals surface area contributed by atoms with Crippen LogP contribution in [0.15, 0.2) is 24.3 Å². The molecule has 1 unspecified atom stereocenters. The average molecular weight is 327 g/mol. The first-order valence-corrected chi connectivity index (χ1v) is 9.62. The zero-order chi connectivity index (χ0) is 14.9. The van der Waals surface area contributed by atoms with E-state index in [1.165, 1.54) is 36.6 Å². The molecule has 1 atom stereocenters. The number of hydrogen-bond acceptors (Lipinski definition) is 3. The van der Waals surface area contributed by atoms with Gasteiger partial charge >= 0.3 is 0 Å². The Labute approximate surface area is 138 Å². The van der Waals surface area contributed by atoms with Crippen LogP contribution in [0.2, 0.25) is 5.02 Å². The van der Waals surface area contributed by atoms with Crippen molar-refractivity contribution in [3.63, 3.8) is 0 Å². The molecule has 1 aliphatic heterocycles. The van der Waals surface area contributed by atoms with Crippen LogP contribution in [0, 0.1) is 0 Å². The summed E-state index contributed by atoms with van der Waals surface area (Å²) in [6, 6.07) is 8.63. The van der Waals surface area contributed by atoms with Crippen molar-refractivity contribution in [2.24, 2.45) is 0 Å². The molecule has 2 rings (SSSR count). The van der Waals surface area contributed by atoms with Crippen molar-refractivity contribution in [2.75, 3.05) is 37.7 Å². The quantitative estimate of drug-likeness (QED) is 0.808. The summed E-state index contributed by atoms with van der Waals surface area (Å²) in [5.74, 6) is 2.59. The Hall–Kier alpha value is -0.220. The summed E-state index contributed by atoms with van der Waals surface area (Å²) in [7, 11) is 0. The van der Waals surface area contributed by atoms with Gasteiger partial charge in [0, 0.05) is 23.4 Å². The Kier molecular flexibility index (Phi) is 7.94. The Morgan fingerprint density at radius 3 is 2.95 bits per heavy atom. The second-order valence-electron chi connectivity index (χ2n) is 5.62. The van der Waals surface area contributed by atoms with E-state index in [0.29, 0.717) is 6.04 Å². The maximum absolute atomic E-state index is 6.39. The first-order valence-electron chi connectivity index (χ1n) is 8.09. The topological polar surface area (TPSA) is 15.3 Å². The maximum Gasteiger partial charge on any atom is 0.0453 e. The number of hydrogen-bond donors (Lipinski definition) is 1. The molecule has 0 radical (unpaired) electrons. The van der Waals surface area contributed by atoms with E-state index in [1.54, 1.807) is 0 Å². The smallest absolute Gasteiger partial charge is 0.0453 e. The van der Waals surface area contributed by atoms with Gasteiger partial charge in [-0.25, -0.2) is 0 Å². The minimum atomic E-state index is 0.370. The van der Waals surface area contributed by atoms with Gasteiger partial charge in [-0.15, -0.1) is 0 Å². The number of halogens is 1. The van der Waals surface area contributed by atoms with Crippen molar-refractivity contribution < 1.29 is 0 Å². The van der Waals surface area contributed by atoms with E-state index >= 15 is 0 Å². The van der Waals surface area contributed by atoms with E-state index in [4.69, 9.17) is 11.6 Å². The summed E-state index contributed by atoms with van der Waals surface area (Å²) in [6.45, 7) is 6.89. The molecule has 0 aliphatic carbocycles. The summed E-state index contributed by atoms with van der Waals surface area (Å²) < 4.78 is 0. The molecule has 1 aliphatic rings. The van der Waals surface area contributed by atoms with Crippen LogP contribution in [-0.4, -0.2) is 42.6 Å². The lowest BCUT2D eigenvalue weighted by atomic mass is 10.0. The highest BCUT2D eigenvalue weighted by molar-refractivity contribution is 7.99. The second kappa shape index (κ2) is 9.73. The van der Waals surface area contributed by atoms with Crippen molar-refractivity contribution in [3.05, 3.63) is 34.9 Å². The Morgan fingerprint density at radius 2 is 2.14 bits per heavy atom. The third-order valence-corrected chi connectivity index (χ3v) is 5.36. The van der Waals surface area contributed by atoms with Gasteiger partial charge in [-0.2, -0.15) is 11.8 Å². The fourth-order valence-electron chi connectivity index (χ4n) is 2.78. The Balaban J connectivity index is 1.94. The summed E-state index contributed by atoms with van der Waals surface area (Å²) >= 11 is 8.48. The van der Waals surface area contributed by atoms with Gasteiger partial charge in [0.15, 0.2) is 0 Å². The molecule has 0 aromatic heterocycles. The molecule has 4 heteroatoms. The fourth-order valence-corrected chi connectivity index (χ4v) is 3.97. The van der Waals surface area contributed by atoms with Crippen LogP contribution < -0.4 is 5.32 Å². The van der Waals surface area contributed by atoms with E-state index in [1.807, 2.05) is 12.1 Å². The van der Waals surface area contributed by atoms with E-state index in [-0.39, 0.29) is 0 Å². The normalized spacial score (nSPS) is 18.4. The third kappa shape index (κ3) is 5.82. The lowest BCUT2D eigenvalue weighted by molar-refractivity contribution is 0.275. The number of benzene rings is 1. The van der Waals surface area contributed by atoms with Crippen molar-refractivity contribution >= 4 is 23.4 Å². The molecule has 1 aromatic carbocycles. The van der Waals surface area contributed by atoms with E-state index < -0.39 is 0 Å². The highest BCUT2D eigenvalue weighted by Gasteiger charge is 2.16. The molecule has 2 nitrogen and oxygen atoms in total. The molecule has 1 fully saturated rings. The molecule has 0 bridgehead atoms. The number of nitrogens with zero attached hydrogens (tertiary/aromatic N) is 1. The van der Waals surface area contributed by atoms with Gasteiger partial charge < -0.3 is 10.2 Å². The number of nitrogens with one attached hydrogen (secondary N) is 1. The predicted octanol–water partition coefficient (Wildman–Crippen LogP) is 4.21. The first-order chi connectivity index (χ1) is 10.3. The van der Waals surface area contributed by atoms with Gasteiger partial charge in [-0.1, -0.05) is 36.7 Å². The van der Waals surface area contributed by atoms with Crippen LogP contribution in [0.1, 0.15) is 37.8 Å². The maximum atomic E-state index is 6.39. The molecule has 0 saturated carbocycles. The number of rotatable bonds is 7. The van der Waals surface area contributed by atoms with Crippen molar-refractivity contribution in [1.29, 1.82) is 0 Å². The summed E-state index contributed by atoms with van der Waals surface area (Å²) in [5.41, 5.74) is 1.25. The van der Waals surface area contributed by atoms with Gasteiger partial charge in [0.25, 0.3) is 0 Å². The van der Waals surface area contributed by atoms with Crippen LogP contribution in [0.5, 0.6) is 0 Å². The van der Waals surface area contributed by atoms with Crippen molar-refractivity contribution in [1.82, 2.24) is 10.2 Å². The standard InChI is InChI=1S/C17H27ClN2S/c1-2-9-19-17(15-6-3-4-7-16(15)18)8-11-20-10-5-13-21-14-12-20/h3-4,6-7,17,19H,2,5,8-14H2,1H3. The molecule has 0 amide bonds. The molecular formula is C17H27ClN2S. The van der Waals surface area contributed by atoms with Crippen LogP contribution in [0.4, 0.5) is 0 Å². The molecule has 21 heavy (non-hydrogen) atoms. The molecule has 1 heterocycles. The average Bonchev–Trinajstić information content (AvgIpc) is 2.77. The van der Waals surface area contributed by atoms with Gasteiger partial charge in [-0.3, -0.25) is 0 Å². The summed E-state index contributed by atoms with van der Waals surface area (Å²) in [4.78, 5) is 2.61. The van der Waals surface area contributed by atoms with Gasteiger partial charge in [0.05, 0.1) is 0 Å². The fraction of sp³-hybridized carbons (Fsp3) is 0.647. The van der Waals surface area contributed by atoms with Crippen LogP contribution >= 0.6 is 23.4 Å². The first kappa shape index (κ1) is 17.1. The van der Waals surface area contributed by atoms with Crippen molar-refractivity contribution in [2.45, 2.75) is 32.2 Å². The van der Waals surface area contributed by atoms with Crippen LogP contribution in [0.3, 0.4) is 0 Å². The summed E-state index contributed by atoms with van der Waals surface area (Å²) in [5, 5.41) is 4.55. The molecule has 1 saturated heterocycles. The lowest BCUT2D eigenvalue weighted by Gasteiger charge is -2.25. The van der Waals surface area contributed by atoms with Crippen LogP contribution in [-0.2, 0) is 0 Å². The second-order valence-corrected chi connectivity index (χ2v) is 7.26. The highest BCUT2D eigenvalue weighted by atomic mass is 35.5. The minimum absolute atomic E-state index is 0.370. The monoisotopic (exact) mass is 326 g/mol. The van der Waals surface area contributed by atoms with Crippen molar-refractivity contribution in [3.8, 4) is 0 Å². The molecule has 118 valence electrons. The summed E-state index contributed by atoms with van der Waals surface area (Å²) in [6.07, 6.45) is 3.61. The van der Waals surface area contributed by atoms with Crippen LogP contribution in [0.25, 0.3) is 0 Å². The zero-order valence-electron chi connectivity index (χ0n) is 13.0. The predicted molar refractivity (Wildman–Crippen MR) is 95.5 cm³/mol. The van der Waals surface area contributed by atoms with Gasteiger partial charge in [-0.05, 0) is 56.3 Å². The van der Waals surface area contributed by atoms with E-state index in [9.17, 15) is 0 Å². The third-order valence-electron chi connectivity index (χ3n) is 3.97. The molecule has 1 N–H and O–H groups in total. The highest BCUT2D eigenvalue weighted by Crippen LogP contribution is 2.25. The largest absolute Gasteiger partial charge is 0.310 e.